The third kappa shape index (κ3) is 4.84. The molecule has 2 heterocycles. The number of pyridine rings is 1. The van der Waals surface area contributed by atoms with Crippen molar-refractivity contribution >= 4 is 34.6 Å². The number of nitrogens with zero attached hydrogens (tertiary/aromatic N) is 2. The Morgan fingerprint density at radius 3 is 2.89 bits per heavy atom. The van der Waals surface area contributed by atoms with Crippen molar-refractivity contribution in [2.24, 2.45) is 5.92 Å². The van der Waals surface area contributed by atoms with E-state index in [1.165, 1.54) is 43.9 Å². The van der Waals surface area contributed by atoms with Gasteiger partial charge in [0.2, 0.25) is 5.91 Å². The van der Waals surface area contributed by atoms with Gasteiger partial charge in [-0.2, -0.15) is 0 Å². The highest BCUT2D eigenvalue weighted by Gasteiger charge is 2.16. The highest BCUT2D eigenvalue weighted by Crippen LogP contribution is 2.27. The minimum absolute atomic E-state index is 0.173. The van der Waals surface area contributed by atoms with Crippen molar-refractivity contribution in [2.45, 2.75) is 37.3 Å². The fourth-order valence-corrected chi connectivity index (χ4v) is 4.01. The zero-order valence-corrected chi connectivity index (χ0v) is 16.4. The number of para-hydroxylation sites is 2. The summed E-state index contributed by atoms with van der Waals surface area (Å²) in [5.74, 6) is 1.68. The number of benzene rings is 1. The Morgan fingerprint density at radius 2 is 2.04 bits per heavy atom. The Hall–Kier alpha value is -2.54. The van der Waals surface area contributed by atoms with Gasteiger partial charge in [0.25, 0.3) is 5.22 Å². The summed E-state index contributed by atoms with van der Waals surface area (Å²) in [4.78, 5) is 21.0. The number of rotatable bonds is 7. The Morgan fingerprint density at radius 1 is 1.18 bits per heavy atom. The van der Waals surface area contributed by atoms with Crippen molar-refractivity contribution in [1.29, 1.82) is 0 Å². The topological polar surface area (TPSA) is 77.3 Å². The third-order valence-corrected chi connectivity index (χ3v) is 5.66. The molecule has 1 fully saturated rings. The van der Waals surface area contributed by atoms with E-state index in [-0.39, 0.29) is 11.7 Å². The molecule has 1 N–H and O–H groups in total. The van der Waals surface area contributed by atoms with E-state index in [2.05, 4.69) is 15.3 Å². The first-order valence-electron chi connectivity index (χ1n) is 9.64. The average Bonchev–Trinajstić information content (AvgIpc) is 3.15. The molecule has 0 spiro atoms. The molecule has 1 aliphatic rings. The SMILES string of the molecule is O=C(CSc1nc2ccccc2o1)Nc1ncccc1OCC1CCCCC1. The summed E-state index contributed by atoms with van der Waals surface area (Å²) in [5.41, 5.74) is 1.50. The maximum atomic E-state index is 12.4. The van der Waals surface area contributed by atoms with Gasteiger partial charge >= 0.3 is 0 Å². The van der Waals surface area contributed by atoms with Crippen LogP contribution in [0.5, 0.6) is 5.75 Å². The Bertz CT molecular complexity index is 904. The van der Waals surface area contributed by atoms with Crippen molar-refractivity contribution in [2.75, 3.05) is 17.7 Å². The van der Waals surface area contributed by atoms with Gasteiger partial charge in [-0.15, -0.1) is 0 Å². The van der Waals surface area contributed by atoms with Crippen LogP contribution in [0, 0.1) is 5.92 Å². The molecule has 0 saturated heterocycles. The standard InChI is InChI=1S/C21H23N3O3S/c25-19(14-28-21-23-16-9-4-5-10-17(16)27-21)24-20-18(11-6-12-22-20)26-13-15-7-2-1-3-8-15/h4-6,9-12,15H,1-3,7-8,13-14H2,(H,22,24,25). The quantitative estimate of drug-likeness (QED) is 0.571. The highest BCUT2D eigenvalue weighted by molar-refractivity contribution is 7.99. The molecule has 6 nitrogen and oxygen atoms in total. The molecule has 1 aromatic carbocycles. The molecule has 0 bridgehead atoms. The molecule has 4 rings (SSSR count). The van der Waals surface area contributed by atoms with E-state index in [0.717, 1.165) is 5.52 Å². The van der Waals surface area contributed by atoms with Gasteiger partial charge in [-0.05, 0) is 43.0 Å². The average molecular weight is 398 g/mol. The van der Waals surface area contributed by atoms with Gasteiger partial charge in [-0.1, -0.05) is 43.2 Å². The highest BCUT2D eigenvalue weighted by atomic mass is 32.2. The number of carbonyl (C=O) groups is 1. The number of anilines is 1. The van der Waals surface area contributed by atoms with Crippen LogP contribution in [0.1, 0.15) is 32.1 Å². The van der Waals surface area contributed by atoms with E-state index in [1.807, 2.05) is 36.4 Å². The van der Waals surface area contributed by atoms with Crippen molar-refractivity contribution in [3.8, 4) is 5.75 Å². The molecular weight excluding hydrogens is 374 g/mol. The van der Waals surface area contributed by atoms with E-state index >= 15 is 0 Å². The molecule has 28 heavy (non-hydrogen) atoms. The largest absolute Gasteiger partial charge is 0.489 e. The number of amides is 1. The van der Waals surface area contributed by atoms with E-state index < -0.39 is 0 Å². The number of oxazole rings is 1. The summed E-state index contributed by atoms with van der Waals surface area (Å²) in [6, 6.07) is 11.2. The van der Waals surface area contributed by atoms with Gasteiger partial charge in [0.1, 0.15) is 5.52 Å². The molecular formula is C21H23N3O3S. The monoisotopic (exact) mass is 397 g/mol. The van der Waals surface area contributed by atoms with Crippen LogP contribution >= 0.6 is 11.8 Å². The molecule has 146 valence electrons. The van der Waals surface area contributed by atoms with E-state index in [0.29, 0.717) is 34.9 Å². The number of thioether (sulfide) groups is 1. The lowest BCUT2D eigenvalue weighted by molar-refractivity contribution is -0.113. The van der Waals surface area contributed by atoms with Crippen LogP contribution in [0.3, 0.4) is 0 Å². The number of hydrogen-bond donors (Lipinski definition) is 1. The fourth-order valence-electron chi connectivity index (χ4n) is 3.37. The molecule has 7 heteroatoms. The summed E-state index contributed by atoms with van der Waals surface area (Å²) in [7, 11) is 0. The van der Waals surface area contributed by atoms with Gasteiger partial charge in [0.05, 0.1) is 12.4 Å². The van der Waals surface area contributed by atoms with Crippen LogP contribution in [-0.2, 0) is 4.79 Å². The Kier molecular flexibility index (Phi) is 6.11. The van der Waals surface area contributed by atoms with Crippen molar-refractivity contribution in [3.63, 3.8) is 0 Å². The first kappa shape index (κ1) is 18.8. The van der Waals surface area contributed by atoms with E-state index in [4.69, 9.17) is 9.15 Å². The van der Waals surface area contributed by atoms with Crippen molar-refractivity contribution in [3.05, 3.63) is 42.6 Å². The minimum atomic E-state index is -0.173. The van der Waals surface area contributed by atoms with Gasteiger partial charge in [0, 0.05) is 6.20 Å². The molecule has 0 aliphatic heterocycles. The van der Waals surface area contributed by atoms with E-state index in [9.17, 15) is 4.79 Å². The van der Waals surface area contributed by atoms with Crippen LogP contribution in [0.25, 0.3) is 11.1 Å². The number of hydrogen-bond acceptors (Lipinski definition) is 6. The molecule has 1 amide bonds. The number of carbonyl (C=O) groups excluding carboxylic acids is 1. The summed E-state index contributed by atoms with van der Waals surface area (Å²) < 4.78 is 11.6. The second-order valence-electron chi connectivity index (χ2n) is 6.95. The molecule has 0 radical (unpaired) electrons. The van der Waals surface area contributed by atoms with Crippen LogP contribution in [0.2, 0.25) is 0 Å². The lowest BCUT2D eigenvalue weighted by atomic mass is 9.90. The first-order chi connectivity index (χ1) is 13.8. The summed E-state index contributed by atoms with van der Waals surface area (Å²) in [5, 5.41) is 3.31. The van der Waals surface area contributed by atoms with Crippen LogP contribution in [0.4, 0.5) is 5.82 Å². The Labute approximate surface area is 168 Å². The second-order valence-corrected chi connectivity index (χ2v) is 7.88. The van der Waals surface area contributed by atoms with Crippen LogP contribution < -0.4 is 10.1 Å². The van der Waals surface area contributed by atoms with E-state index in [1.54, 1.807) is 6.20 Å². The van der Waals surface area contributed by atoms with Gasteiger partial charge < -0.3 is 14.5 Å². The normalized spacial score (nSPS) is 14.9. The molecule has 2 aromatic heterocycles. The number of ether oxygens (including phenoxy) is 1. The number of aromatic nitrogens is 2. The maximum absolute atomic E-state index is 12.4. The van der Waals surface area contributed by atoms with Crippen molar-refractivity contribution in [1.82, 2.24) is 9.97 Å². The molecule has 3 aromatic rings. The van der Waals surface area contributed by atoms with Crippen molar-refractivity contribution < 1.29 is 13.9 Å². The van der Waals surface area contributed by atoms with Crippen LogP contribution in [-0.4, -0.2) is 28.2 Å². The number of fused-ring (bicyclic) bond motifs is 1. The molecule has 0 atom stereocenters. The zero-order chi connectivity index (χ0) is 19.2. The van der Waals surface area contributed by atoms with Crippen LogP contribution in [0.15, 0.2) is 52.2 Å². The lowest BCUT2D eigenvalue weighted by Crippen LogP contribution is -2.18. The Balaban J connectivity index is 1.32. The smallest absolute Gasteiger partial charge is 0.257 e. The maximum Gasteiger partial charge on any atom is 0.257 e. The molecule has 1 aliphatic carbocycles. The first-order valence-corrected chi connectivity index (χ1v) is 10.6. The third-order valence-electron chi connectivity index (χ3n) is 4.83. The van der Waals surface area contributed by atoms with Gasteiger partial charge in [-0.25, -0.2) is 9.97 Å². The minimum Gasteiger partial charge on any atom is -0.489 e. The number of nitrogens with one attached hydrogen (secondary N) is 1. The lowest BCUT2D eigenvalue weighted by Gasteiger charge is -2.22. The zero-order valence-electron chi connectivity index (χ0n) is 15.6. The summed E-state index contributed by atoms with van der Waals surface area (Å²) in [6.45, 7) is 0.673. The summed E-state index contributed by atoms with van der Waals surface area (Å²) >= 11 is 1.26. The second kappa shape index (κ2) is 9.10. The molecule has 1 saturated carbocycles. The predicted octanol–water partition coefficient (Wildman–Crippen LogP) is 4.91. The fraction of sp³-hybridized carbons (Fsp3) is 0.381. The molecule has 0 unspecified atom stereocenters. The summed E-state index contributed by atoms with van der Waals surface area (Å²) in [6.07, 6.45) is 7.95. The van der Waals surface area contributed by atoms with Gasteiger partial charge in [-0.3, -0.25) is 4.79 Å². The van der Waals surface area contributed by atoms with Gasteiger partial charge in [0.15, 0.2) is 17.2 Å². The predicted molar refractivity (Wildman–Crippen MR) is 110 cm³/mol.